The number of hydrogen-bond donors (Lipinski definition) is 2. The number of aromatic amines is 1. The fourth-order valence-corrected chi connectivity index (χ4v) is 4.22. The maximum atomic E-state index is 12.8. The highest BCUT2D eigenvalue weighted by molar-refractivity contribution is 6.02. The van der Waals surface area contributed by atoms with E-state index in [0.717, 1.165) is 22.3 Å². The van der Waals surface area contributed by atoms with Gasteiger partial charge in [0.15, 0.2) is 5.65 Å². The Morgan fingerprint density at radius 2 is 1.77 bits per heavy atom. The molecule has 30 heavy (non-hydrogen) atoms. The van der Waals surface area contributed by atoms with Crippen molar-refractivity contribution in [2.45, 2.75) is 32.5 Å². The lowest BCUT2D eigenvalue weighted by atomic mass is 9.98. The number of fused-ring (bicyclic) bond motifs is 2. The van der Waals surface area contributed by atoms with Crippen molar-refractivity contribution in [3.8, 4) is 11.3 Å². The van der Waals surface area contributed by atoms with E-state index in [2.05, 4.69) is 44.2 Å². The maximum absolute atomic E-state index is 12.8. The van der Waals surface area contributed by atoms with Crippen molar-refractivity contribution in [1.29, 1.82) is 0 Å². The number of rotatable bonds is 3. The Morgan fingerprint density at radius 1 is 1.00 bits per heavy atom. The van der Waals surface area contributed by atoms with E-state index in [4.69, 9.17) is 4.98 Å². The minimum atomic E-state index is -0.606. The Bertz CT molecular complexity index is 1250. The third kappa shape index (κ3) is 2.82. The molecule has 0 saturated carbocycles. The third-order valence-electron chi connectivity index (χ3n) is 5.62. The van der Waals surface area contributed by atoms with Gasteiger partial charge in [-0.3, -0.25) is 9.78 Å². The average molecular weight is 398 g/mol. The van der Waals surface area contributed by atoms with E-state index in [-0.39, 0.29) is 11.9 Å². The molecular weight excluding hydrogens is 376 g/mol. The molecule has 1 atom stereocenters. The summed E-state index contributed by atoms with van der Waals surface area (Å²) >= 11 is 0. The van der Waals surface area contributed by atoms with E-state index in [1.54, 1.807) is 12.4 Å². The normalized spacial score (nSPS) is 16.2. The fraction of sp³-hybridized carbons (Fsp3) is 0.217. The first-order valence-electron chi connectivity index (χ1n) is 9.92. The van der Waals surface area contributed by atoms with Crippen LogP contribution in [-0.4, -0.2) is 31.5 Å². The summed E-state index contributed by atoms with van der Waals surface area (Å²) in [5.41, 5.74) is 4.18. The van der Waals surface area contributed by atoms with Gasteiger partial charge in [-0.2, -0.15) is 0 Å². The first-order valence-corrected chi connectivity index (χ1v) is 9.92. The number of amides is 1. The number of nitrogens with one attached hydrogen (secondary N) is 2. The third-order valence-corrected chi connectivity index (χ3v) is 5.62. The molecule has 3 aromatic heterocycles. The number of carbonyl (C=O) groups is 1. The first kappa shape index (κ1) is 18.3. The number of nitrogens with zero attached hydrogens (tertiary/aromatic N) is 4. The maximum Gasteiger partial charge on any atom is 0.256 e. The number of anilines is 1. The molecular formula is C23H22N6O. The number of hydrogen-bond acceptors (Lipinski definition) is 5. The lowest BCUT2D eigenvalue weighted by molar-refractivity contribution is 0.0892. The van der Waals surface area contributed by atoms with Gasteiger partial charge in [0.05, 0.1) is 17.3 Å². The highest BCUT2D eigenvalue weighted by Crippen LogP contribution is 2.38. The summed E-state index contributed by atoms with van der Waals surface area (Å²) in [6.45, 7) is 6.13. The molecule has 1 aliphatic heterocycles. The van der Waals surface area contributed by atoms with Crippen molar-refractivity contribution in [2.24, 2.45) is 0 Å². The van der Waals surface area contributed by atoms with Crippen LogP contribution in [-0.2, 0) is 0 Å². The summed E-state index contributed by atoms with van der Waals surface area (Å²) < 4.78 is 0. The van der Waals surface area contributed by atoms with Crippen LogP contribution in [0.1, 0.15) is 42.7 Å². The number of aromatic nitrogens is 4. The molecule has 1 unspecified atom stereocenters. The van der Waals surface area contributed by atoms with Crippen molar-refractivity contribution in [1.82, 2.24) is 25.3 Å². The molecule has 5 rings (SSSR count). The molecule has 150 valence electrons. The molecule has 0 fully saturated rings. The molecule has 1 amide bonds. The van der Waals surface area contributed by atoms with Gasteiger partial charge >= 0.3 is 0 Å². The Hall–Kier alpha value is -3.74. The van der Waals surface area contributed by atoms with Crippen LogP contribution in [0.15, 0.2) is 61.1 Å². The quantitative estimate of drug-likeness (QED) is 0.543. The van der Waals surface area contributed by atoms with E-state index in [1.165, 1.54) is 0 Å². The van der Waals surface area contributed by atoms with Crippen molar-refractivity contribution in [3.63, 3.8) is 0 Å². The molecule has 0 aliphatic carbocycles. The van der Waals surface area contributed by atoms with Gasteiger partial charge in [0.25, 0.3) is 5.91 Å². The second-order valence-electron chi connectivity index (χ2n) is 7.99. The number of benzene rings is 1. The highest BCUT2D eigenvalue weighted by atomic mass is 16.2. The van der Waals surface area contributed by atoms with E-state index in [1.807, 2.05) is 50.4 Å². The Morgan fingerprint density at radius 3 is 2.57 bits per heavy atom. The van der Waals surface area contributed by atoms with Crippen LogP contribution >= 0.6 is 0 Å². The molecule has 4 heterocycles. The lowest BCUT2D eigenvalue weighted by Gasteiger charge is -2.47. The number of H-pyrrole nitrogens is 1. The van der Waals surface area contributed by atoms with Crippen LogP contribution in [0.5, 0.6) is 0 Å². The SMILES string of the molecule is CC(c1ccccc1)N1c2nc(-c3c[nH]c4nccnc34)ccc2C(=O)NC1(C)C. The van der Waals surface area contributed by atoms with Crippen LogP contribution < -0.4 is 10.2 Å². The van der Waals surface area contributed by atoms with Gasteiger partial charge in [0.2, 0.25) is 0 Å². The summed E-state index contributed by atoms with van der Waals surface area (Å²) in [6.07, 6.45) is 5.18. The molecule has 0 spiro atoms. The number of carbonyl (C=O) groups excluding carboxylic acids is 1. The molecule has 7 heteroatoms. The lowest BCUT2D eigenvalue weighted by Crippen LogP contribution is -2.61. The van der Waals surface area contributed by atoms with Crippen molar-refractivity contribution >= 4 is 22.9 Å². The van der Waals surface area contributed by atoms with E-state index in [0.29, 0.717) is 17.0 Å². The molecule has 1 aliphatic rings. The van der Waals surface area contributed by atoms with Gasteiger partial charge in [0, 0.05) is 24.2 Å². The van der Waals surface area contributed by atoms with Gasteiger partial charge in [-0.1, -0.05) is 30.3 Å². The van der Waals surface area contributed by atoms with E-state index < -0.39 is 5.66 Å². The fourth-order valence-electron chi connectivity index (χ4n) is 4.22. The zero-order valence-corrected chi connectivity index (χ0v) is 17.0. The van der Waals surface area contributed by atoms with E-state index in [9.17, 15) is 4.79 Å². The second kappa shape index (κ2) is 6.66. The Kier molecular flexibility index (Phi) is 4.06. The van der Waals surface area contributed by atoms with Crippen LogP contribution in [0.2, 0.25) is 0 Å². The molecule has 4 aromatic rings. The van der Waals surface area contributed by atoms with E-state index >= 15 is 0 Å². The monoisotopic (exact) mass is 398 g/mol. The van der Waals surface area contributed by atoms with Crippen LogP contribution in [0.25, 0.3) is 22.4 Å². The Labute approximate surface area is 174 Å². The van der Waals surface area contributed by atoms with Crippen LogP contribution in [0.3, 0.4) is 0 Å². The summed E-state index contributed by atoms with van der Waals surface area (Å²) in [6, 6.07) is 13.9. The minimum Gasteiger partial charge on any atom is -0.344 e. The van der Waals surface area contributed by atoms with Crippen molar-refractivity contribution in [2.75, 3.05) is 4.90 Å². The average Bonchev–Trinajstić information content (AvgIpc) is 3.17. The molecule has 2 N–H and O–H groups in total. The number of pyridine rings is 1. The van der Waals surface area contributed by atoms with Gasteiger partial charge in [-0.25, -0.2) is 9.97 Å². The summed E-state index contributed by atoms with van der Waals surface area (Å²) in [5.74, 6) is 0.542. The van der Waals surface area contributed by atoms with Crippen molar-refractivity contribution < 1.29 is 4.79 Å². The largest absolute Gasteiger partial charge is 0.344 e. The summed E-state index contributed by atoms with van der Waals surface area (Å²) in [4.78, 5) is 31.8. The molecule has 7 nitrogen and oxygen atoms in total. The van der Waals surface area contributed by atoms with Crippen molar-refractivity contribution in [3.05, 3.63) is 72.2 Å². The predicted molar refractivity (Wildman–Crippen MR) is 116 cm³/mol. The highest BCUT2D eigenvalue weighted by Gasteiger charge is 2.40. The standard InChI is InChI=1S/C23H22N6O/c1-14(15-7-5-4-6-8-15)29-21-16(22(30)28-23(29,2)3)9-10-18(27-21)17-13-26-20-19(17)24-11-12-25-20/h4-14H,1-3H3,(H,25,26)(H,28,30). The van der Waals surface area contributed by atoms with Gasteiger partial charge < -0.3 is 15.2 Å². The van der Waals surface area contributed by atoms with Crippen LogP contribution in [0.4, 0.5) is 5.82 Å². The predicted octanol–water partition coefficient (Wildman–Crippen LogP) is 4.07. The zero-order valence-electron chi connectivity index (χ0n) is 17.0. The molecule has 1 aromatic carbocycles. The topological polar surface area (TPSA) is 86.8 Å². The molecule has 0 radical (unpaired) electrons. The second-order valence-corrected chi connectivity index (χ2v) is 7.99. The minimum absolute atomic E-state index is 0.00561. The van der Waals surface area contributed by atoms with Gasteiger partial charge in [-0.05, 0) is 38.5 Å². The van der Waals surface area contributed by atoms with Gasteiger partial charge in [0.1, 0.15) is 17.0 Å². The summed E-state index contributed by atoms with van der Waals surface area (Å²) in [7, 11) is 0. The zero-order chi connectivity index (χ0) is 20.9. The van der Waals surface area contributed by atoms with Crippen LogP contribution in [0, 0.1) is 0 Å². The first-order chi connectivity index (χ1) is 14.5. The smallest absolute Gasteiger partial charge is 0.256 e. The Balaban J connectivity index is 1.68. The molecule has 0 saturated heterocycles. The molecule has 0 bridgehead atoms. The van der Waals surface area contributed by atoms with Gasteiger partial charge in [-0.15, -0.1) is 0 Å². The summed E-state index contributed by atoms with van der Waals surface area (Å²) in [5, 5.41) is 3.11.